The molecule has 0 aromatic carbocycles. The highest BCUT2D eigenvalue weighted by Crippen LogP contribution is 2.30. The topological polar surface area (TPSA) is 117 Å². The summed E-state index contributed by atoms with van der Waals surface area (Å²) in [5.41, 5.74) is 1.40. The number of aromatic nitrogens is 2. The van der Waals surface area contributed by atoms with Crippen LogP contribution in [0.25, 0.3) is 0 Å². The fraction of sp³-hybridized carbons (Fsp3) is 0.700. The Morgan fingerprint density at radius 2 is 1.89 bits per heavy atom. The summed E-state index contributed by atoms with van der Waals surface area (Å²) in [6.07, 6.45) is 9.28. The predicted molar refractivity (Wildman–Crippen MR) is 109 cm³/mol. The van der Waals surface area contributed by atoms with Crippen molar-refractivity contribution in [2.24, 2.45) is 5.10 Å². The normalized spacial score (nSPS) is 15.6. The third kappa shape index (κ3) is 5.56. The van der Waals surface area contributed by atoms with Gasteiger partial charge in [-0.25, -0.2) is 10.2 Å². The lowest BCUT2D eigenvalue weighted by atomic mass is 9.95. The summed E-state index contributed by atoms with van der Waals surface area (Å²) in [7, 11) is 0. The number of hydrogen-bond donors (Lipinski definition) is 3. The van der Waals surface area contributed by atoms with Crippen molar-refractivity contribution in [1.29, 1.82) is 0 Å². The van der Waals surface area contributed by atoms with E-state index in [0.717, 1.165) is 57.8 Å². The molecule has 8 nitrogen and oxygen atoms in total. The molecule has 1 amide bonds. The lowest BCUT2D eigenvalue weighted by Crippen LogP contribution is -2.37. The zero-order chi connectivity index (χ0) is 20.5. The van der Waals surface area contributed by atoms with Gasteiger partial charge < -0.3 is 5.11 Å². The number of hydrogen-bond acceptors (Lipinski definition) is 5. The SMILES string of the molecule is CCCCCCC(=O)NN=C(CC)c1c(O)n(C2CCCCC2)c(=O)[nH]c1=O. The van der Waals surface area contributed by atoms with E-state index in [4.69, 9.17) is 0 Å². The highest BCUT2D eigenvalue weighted by molar-refractivity contribution is 6.02. The summed E-state index contributed by atoms with van der Waals surface area (Å²) in [6.45, 7) is 3.88. The molecule has 1 aromatic heterocycles. The quantitative estimate of drug-likeness (QED) is 0.340. The van der Waals surface area contributed by atoms with Crippen LogP contribution in [0.5, 0.6) is 5.88 Å². The molecule has 1 aliphatic rings. The molecule has 0 unspecified atom stereocenters. The number of aromatic hydroxyl groups is 1. The van der Waals surface area contributed by atoms with Crippen LogP contribution in [0.2, 0.25) is 0 Å². The van der Waals surface area contributed by atoms with E-state index in [1.807, 2.05) is 0 Å². The summed E-state index contributed by atoms with van der Waals surface area (Å²) in [6, 6.07) is -0.136. The summed E-state index contributed by atoms with van der Waals surface area (Å²) in [5.74, 6) is -0.586. The average molecular weight is 393 g/mol. The molecular formula is C20H32N4O4. The maximum atomic E-state index is 12.4. The summed E-state index contributed by atoms with van der Waals surface area (Å²) in [4.78, 5) is 38.9. The van der Waals surface area contributed by atoms with Crippen LogP contribution in [-0.2, 0) is 4.79 Å². The van der Waals surface area contributed by atoms with Crippen molar-refractivity contribution in [3.05, 3.63) is 26.4 Å². The van der Waals surface area contributed by atoms with Gasteiger partial charge in [-0.3, -0.25) is 19.1 Å². The van der Waals surface area contributed by atoms with Gasteiger partial charge in [0.05, 0.1) is 5.71 Å². The van der Waals surface area contributed by atoms with E-state index < -0.39 is 11.2 Å². The highest BCUT2D eigenvalue weighted by Gasteiger charge is 2.24. The van der Waals surface area contributed by atoms with E-state index in [1.54, 1.807) is 6.92 Å². The Hall–Kier alpha value is -2.38. The molecule has 0 aliphatic heterocycles. The molecule has 0 spiro atoms. The van der Waals surface area contributed by atoms with E-state index >= 15 is 0 Å². The number of aromatic amines is 1. The van der Waals surface area contributed by atoms with Crippen LogP contribution in [0.15, 0.2) is 14.7 Å². The molecule has 0 atom stereocenters. The molecule has 1 heterocycles. The second kappa shape index (κ2) is 10.8. The molecule has 8 heteroatoms. The molecule has 1 saturated carbocycles. The lowest BCUT2D eigenvalue weighted by Gasteiger charge is -2.25. The Kier molecular flexibility index (Phi) is 8.47. The second-order valence-electron chi connectivity index (χ2n) is 7.38. The smallest absolute Gasteiger partial charge is 0.331 e. The van der Waals surface area contributed by atoms with Gasteiger partial charge in [-0.1, -0.05) is 52.4 Å². The average Bonchev–Trinajstić information content (AvgIpc) is 2.68. The number of nitrogens with one attached hydrogen (secondary N) is 2. The Labute approximate surface area is 165 Å². The number of amides is 1. The number of nitrogens with zero attached hydrogens (tertiary/aromatic N) is 2. The predicted octanol–water partition coefficient (Wildman–Crippen LogP) is 2.95. The first-order chi connectivity index (χ1) is 13.5. The van der Waals surface area contributed by atoms with Gasteiger partial charge >= 0.3 is 5.69 Å². The first-order valence-corrected chi connectivity index (χ1v) is 10.4. The number of hydrazone groups is 1. The van der Waals surface area contributed by atoms with Crippen LogP contribution >= 0.6 is 0 Å². The first-order valence-electron chi connectivity index (χ1n) is 10.4. The second-order valence-corrected chi connectivity index (χ2v) is 7.38. The highest BCUT2D eigenvalue weighted by atomic mass is 16.3. The fourth-order valence-corrected chi connectivity index (χ4v) is 3.69. The molecule has 3 N–H and O–H groups in total. The van der Waals surface area contributed by atoms with E-state index in [0.29, 0.717) is 12.8 Å². The molecule has 1 aromatic rings. The monoisotopic (exact) mass is 392 g/mol. The van der Waals surface area contributed by atoms with Gasteiger partial charge in [-0.2, -0.15) is 5.10 Å². The van der Waals surface area contributed by atoms with Gasteiger partial charge in [0.1, 0.15) is 5.56 Å². The maximum Gasteiger partial charge on any atom is 0.331 e. The number of H-pyrrole nitrogens is 1. The van der Waals surface area contributed by atoms with Crippen LogP contribution in [0.4, 0.5) is 0 Å². The number of unbranched alkanes of at least 4 members (excludes halogenated alkanes) is 3. The zero-order valence-electron chi connectivity index (χ0n) is 16.9. The molecular weight excluding hydrogens is 360 g/mol. The van der Waals surface area contributed by atoms with E-state index in [1.165, 1.54) is 4.57 Å². The Bertz CT molecular complexity index is 803. The third-order valence-corrected chi connectivity index (χ3v) is 5.25. The van der Waals surface area contributed by atoms with Gasteiger partial charge in [0.2, 0.25) is 11.8 Å². The summed E-state index contributed by atoms with van der Waals surface area (Å²) >= 11 is 0. The molecule has 0 bridgehead atoms. The van der Waals surface area contributed by atoms with Crippen molar-refractivity contribution in [1.82, 2.24) is 15.0 Å². The van der Waals surface area contributed by atoms with Crippen molar-refractivity contribution in [2.45, 2.75) is 90.5 Å². The van der Waals surface area contributed by atoms with Crippen LogP contribution in [0.1, 0.15) is 96.1 Å². The van der Waals surface area contributed by atoms with E-state index in [-0.39, 0.29) is 29.1 Å². The van der Waals surface area contributed by atoms with E-state index in [9.17, 15) is 19.5 Å². The minimum absolute atomic E-state index is 0.0426. The molecule has 0 saturated heterocycles. The van der Waals surface area contributed by atoms with E-state index in [2.05, 4.69) is 22.4 Å². The van der Waals surface area contributed by atoms with Gasteiger partial charge in [0, 0.05) is 12.5 Å². The molecule has 1 aliphatic carbocycles. The van der Waals surface area contributed by atoms with Crippen LogP contribution < -0.4 is 16.7 Å². The third-order valence-electron chi connectivity index (χ3n) is 5.25. The van der Waals surface area contributed by atoms with Crippen LogP contribution in [0.3, 0.4) is 0 Å². The largest absolute Gasteiger partial charge is 0.494 e. The van der Waals surface area contributed by atoms with Gasteiger partial charge in [-0.15, -0.1) is 0 Å². The lowest BCUT2D eigenvalue weighted by molar-refractivity contribution is -0.121. The summed E-state index contributed by atoms with van der Waals surface area (Å²) < 4.78 is 1.27. The van der Waals surface area contributed by atoms with Crippen molar-refractivity contribution >= 4 is 11.6 Å². The standard InChI is InChI=1S/C20H32N4O4/c1-3-5-6-10-13-16(25)23-22-15(4-2)17-18(26)21-20(28)24(19(17)27)14-11-8-7-9-12-14/h14,27H,3-13H2,1-2H3,(H,23,25)(H,21,26,28). The maximum absolute atomic E-state index is 12.4. The minimum atomic E-state index is -0.688. The number of carbonyl (C=O) groups is 1. The summed E-state index contributed by atoms with van der Waals surface area (Å²) in [5, 5.41) is 14.8. The molecule has 2 rings (SSSR count). The first kappa shape index (κ1) is 21.9. The Morgan fingerprint density at radius 3 is 2.54 bits per heavy atom. The van der Waals surface area contributed by atoms with Crippen LogP contribution in [0, 0.1) is 0 Å². The van der Waals surface area contributed by atoms with Gasteiger partial charge in [-0.05, 0) is 25.7 Å². The Morgan fingerprint density at radius 1 is 1.18 bits per heavy atom. The Balaban J connectivity index is 2.24. The van der Waals surface area contributed by atoms with Gasteiger partial charge in [0.25, 0.3) is 5.56 Å². The molecule has 1 fully saturated rings. The number of rotatable bonds is 9. The van der Waals surface area contributed by atoms with Crippen LogP contribution in [-0.4, -0.2) is 26.3 Å². The zero-order valence-corrected chi connectivity index (χ0v) is 16.9. The van der Waals surface area contributed by atoms with Gasteiger partial charge in [0.15, 0.2) is 0 Å². The number of carbonyl (C=O) groups excluding carboxylic acids is 1. The van der Waals surface area contributed by atoms with Crippen molar-refractivity contribution in [3.63, 3.8) is 0 Å². The molecule has 156 valence electrons. The minimum Gasteiger partial charge on any atom is -0.494 e. The molecule has 28 heavy (non-hydrogen) atoms. The molecule has 0 radical (unpaired) electrons. The van der Waals surface area contributed by atoms with Crippen molar-refractivity contribution in [3.8, 4) is 5.88 Å². The van der Waals surface area contributed by atoms with Crippen molar-refractivity contribution < 1.29 is 9.90 Å². The fourth-order valence-electron chi connectivity index (χ4n) is 3.69. The van der Waals surface area contributed by atoms with Crippen molar-refractivity contribution in [2.75, 3.05) is 0 Å².